The average molecular weight is 371 g/mol. The summed E-state index contributed by atoms with van der Waals surface area (Å²) >= 11 is 6.01. The first-order valence-electron chi connectivity index (χ1n) is 8.12. The molecule has 2 amide bonds. The van der Waals surface area contributed by atoms with Gasteiger partial charge in [-0.05, 0) is 24.6 Å². The maximum absolute atomic E-state index is 12.3. The summed E-state index contributed by atoms with van der Waals surface area (Å²) in [7, 11) is 1.54. The minimum absolute atomic E-state index is 0.0946. The number of urea groups is 1. The third-order valence-electron chi connectivity index (χ3n) is 4.00. The number of halogens is 1. The molecule has 2 atom stereocenters. The minimum atomic E-state index is -0.954. The highest BCUT2D eigenvalue weighted by molar-refractivity contribution is 6.31. The summed E-state index contributed by atoms with van der Waals surface area (Å²) in [5.74, 6) is -0.763. The van der Waals surface area contributed by atoms with Crippen LogP contribution in [0.25, 0.3) is 0 Å². The largest absolute Gasteiger partial charge is 0.491 e. The Morgan fingerprint density at radius 1 is 1.52 bits per heavy atom. The van der Waals surface area contributed by atoms with Crippen molar-refractivity contribution in [2.75, 3.05) is 38.7 Å². The van der Waals surface area contributed by atoms with Gasteiger partial charge in [0.1, 0.15) is 5.75 Å². The van der Waals surface area contributed by atoms with Crippen LogP contribution in [0.3, 0.4) is 0 Å². The molecule has 2 N–H and O–H groups in total. The maximum Gasteiger partial charge on any atom is 0.321 e. The second-order valence-electron chi connectivity index (χ2n) is 6.23. The minimum Gasteiger partial charge on any atom is -0.491 e. The SMILES string of the molecule is CC(CN(C)C(=O)Nc1cc(Cl)ccc1OCC1CCOC1)C(=O)O. The van der Waals surface area contributed by atoms with Crippen molar-refractivity contribution in [1.82, 2.24) is 4.90 Å². The Morgan fingerprint density at radius 2 is 2.28 bits per heavy atom. The fourth-order valence-electron chi connectivity index (χ4n) is 2.43. The Kier molecular flexibility index (Phi) is 6.90. The van der Waals surface area contributed by atoms with Gasteiger partial charge >= 0.3 is 12.0 Å². The van der Waals surface area contributed by atoms with E-state index in [1.54, 1.807) is 25.1 Å². The molecule has 1 fully saturated rings. The molecule has 138 valence electrons. The number of ether oxygens (including phenoxy) is 2. The van der Waals surface area contributed by atoms with Crippen molar-refractivity contribution in [3.8, 4) is 5.75 Å². The summed E-state index contributed by atoms with van der Waals surface area (Å²) in [5, 5.41) is 12.1. The number of carbonyl (C=O) groups excluding carboxylic acids is 1. The molecule has 1 aromatic rings. The first-order valence-corrected chi connectivity index (χ1v) is 8.49. The predicted octanol–water partition coefficient (Wildman–Crippen LogP) is 2.94. The van der Waals surface area contributed by atoms with Crippen LogP contribution in [0.15, 0.2) is 18.2 Å². The highest BCUT2D eigenvalue weighted by Crippen LogP contribution is 2.29. The fourth-order valence-corrected chi connectivity index (χ4v) is 2.60. The van der Waals surface area contributed by atoms with E-state index < -0.39 is 17.9 Å². The van der Waals surface area contributed by atoms with Gasteiger partial charge in [0, 0.05) is 31.1 Å². The second-order valence-corrected chi connectivity index (χ2v) is 6.67. The number of carboxylic acid groups (broad SMARTS) is 1. The number of amides is 2. The molecule has 0 aliphatic carbocycles. The number of carboxylic acids is 1. The topological polar surface area (TPSA) is 88.1 Å². The molecule has 1 saturated heterocycles. The number of hydrogen-bond donors (Lipinski definition) is 2. The number of rotatable bonds is 7. The summed E-state index contributed by atoms with van der Waals surface area (Å²) in [6.45, 7) is 3.55. The highest BCUT2D eigenvalue weighted by Gasteiger charge is 2.20. The van der Waals surface area contributed by atoms with Crippen LogP contribution in [-0.4, -0.2) is 55.4 Å². The molecule has 25 heavy (non-hydrogen) atoms. The lowest BCUT2D eigenvalue weighted by atomic mass is 10.1. The Balaban J connectivity index is 2.00. The summed E-state index contributed by atoms with van der Waals surface area (Å²) in [5.41, 5.74) is 0.450. The van der Waals surface area contributed by atoms with Gasteiger partial charge in [0.2, 0.25) is 0 Å². The lowest BCUT2D eigenvalue weighted by molar-refractivity contribution is -0.141. The zero-order valence-corrected chi connectivity index (χ0v) is 15.1. The molecule has 8 heteroatoms. The van der Waals surface area contributed by atoms with Gasteiger partial charge in [0.15, 0.2) is 0 Å². The molecule has 0 aromatic heterocycles. The molecular formula is C17H23ClN2O5. The number of benzene rings is 1. The van der Waals surface area contributed by atoms with Crippen molar-refractivity contribution in [2.24, 2.45) is 11.8 Å². The molecule has 0 bridgehead atoms. The third-order valence-corrected chi connectivity index (χ3v) is 4.23. The van der Waals surface area contributed by atoms with Crippen LogP contribution in [0.4, 0.5) is 10.5 Å². The van der Waals surface area contributed by atoms with Crippen molar-refractivity contribution < 1.29 is 24.2 Å². The van der Waals surface area contributed by atoms with E-state index in [2.05, 4.69) is 5.32 Å². The number of carbonyl (C=O) groups is 2. The predicted molar refractivity (Wildman–Crippen MR) is 94.3 cm³/mol. The van der Waals surface area contributed by atoms with Gasteiger partial charge in [-0.15, -0.1) is 0 Å². The van der Waals surface area contributed by atoms with Gasteiger partial charge in [-0.3, -0.25) is 4.79 Å². The average Bonchev–Trinajstić information content (AvgIpc) is 3.07. The normalized spacial score (nSPS) is 17.8. The number of nitrogens with one attached hydrogen (secondary N) is 1. The lowest BCUT2D eigenvalue weighted by Gasteiger charge is -2.21. The summed E-state index contributed by atoms with van der Waals surface area (Å²) in [6.07, 6.45) is 0.950. The van der Waals surface area contributed by atoms with Crippen LogP contribution in [0, 0.1) is 11.8 Å². The van der Waals surface area contributed by atoms with Crippen LogP contribution in [0.5, 0.6) is 5.75 Å². The van der Waals surface area contributed by atoms with Gasteiger partial charge in [0.05, 0.1) is 24.8 Å². The molecule has 0 spiro atoms. The number of nitrogens with zero attached hydrogens (tertiary/aromatic N) is 1. The van der Waals surface area contributed by atoms with Gasteiger partial charge in [-0.2, -0.15) is 0 Å². The van der Waals surface area contributed by atoms with E-state index in [1.165, 1.54) is 11.9 Å². The first kappa shape index (κ1) is 19.3. The van der Waals surface area contributed by atoms with Crippen LogP contribution in [-0.2, 0) is 9.53 Å². The molecule has 1 aromatic carbocycles. The quantitative estimate of drug-likeness (QED) is 0.770. The molecule has 0 saturated carbocycles. The standard InChI is InChI=1S/C17H23ClN2O5/c1-11(16(21)22)8-20(2)17(23)19-14-7-13(18)3-4-15(14)25-10-12-5-6-24-9-12/h3-4,7,11-12H,5-6,8-10H2,1-2H3,(H,19,23)(H,21,22). The summed E-state index contributed by atoms with van der Waals surface area (Å²) in [6, 6.07) is 4.57. The van der Waals surface area contributed by atoms with E-state index in [1.807, 2.05) is 0 Å². The summed E-state index contributed by atoms with van der Waals surface area (Å²) in [4.78, 5) is 24.5. The van der Waals surface area contributed by atoms with E-state index in [4.69, 9.17) is 26.2 Å². The fraction of sp³-hybridized carbons (Fsp3) is 0.529. The molecule has 7 nitrogen and oxygen atoms in total. The smallest absolute Gasteiger partial charge is 0.321 e. The van der Waals surface area contributed by atoms with E-state index in [0.29, 0.717) is 35.6 Å². The van der Waals surface area contributed by atoms with E-state index >= 15 is 0 Å². The second kappa shape index (κ2) is 8.92. The third kappa shape index (κ3) is 5.79. The van der Waals surface area contributed by atoms with Crippen molar-refractivity contribution in [2.45, 2.75) is 13.3 Å². The monoisotopic (exact) mass is 370 g/mol. The highest BCUT2D eigenvalue weighted by atomic mass is 35.5. The van der Waals surface area contributed by atoms with Gasteiger partial charge < -0.3 is 24.8 Å². The first-order chi connectivity index (χ1) is 11.9. The zero-order valence-electron chi connectivity index (χ0n) is 14.3. The number of anilines is 1. The molecule has 2 rings (SSSR count). The van der Waals surface area contributed by atoms with Gasteiger partial charge in [-0.25, -0.2) is 4.79 Å². The summed E-state index contributed by atoms with van der Waals surface area (Å²) < 4.78 is 11.1. The van der Waals surface area contributed by atoms with Crippen molar-refractivity contribution in [3.63, 3.8) is 0 Å². The molecular weight excluding hydrogens is 348 g/mol. The van der Waals surface area contributed by atoms with Crippen LogP contribution >= 0.6 is 11.6 Å². The van der Waals surface area contributed by atoms with Crippen LogP contribution < -0.4 is 10.1 Å². The van der Waals surface area contributed by atoms with Gasteiger partial charge in [-0.1, -0.05) is 18.5 Å². The van der Waals surface area contributed by atoms with E-state index in [0.717, 1.165) is 13.0 Å². The molecule has 1 aliphatic heterocycles. The Morgan fingerprint density at radius 3 is 2.92 bits per heavy atom. The van der Waals surface area contributed by atoms with Gasteiger partial charge in [0.25, 0.3) is 0 Å². The number of hydrogen-bond acceptors (Lipinski definition) is 4. The molecule has 0 radical (unpaired) electrons. The Hall–Kier alpha value is -1.99. The Bertz CT molecular complexity index is 619. The lowest BCUT2D eigenvalue weighted by Crippen LogP contribution is -2.36. The number of aliphatic carboxylic acids is 1. The molecule has 2 unspecified atom stereocenters. The van der Waals surface area contributed by atoms with Crippen molar-refractivity contribution in [1.29, 1.82) is 0 Å². The molecule has 1 heterocycles. The maximum atomic E-state index is 12.3. The van der Waals surface area contributed by atoms with E-state index in [9.17, 15) is 9.59 Å². The molecule has 1 aliphatic rings. The van der Waals surface area contributed by atoms with Crippen molar-refractivity contribution in [3.05, 3.63) is 23.2 Å². The Labute approximate surface area is 151 Å². The van der Waals surface area contributed by atoms with Crippen LogP contribution in [0.1, 0.15) is 13.3 Å². The van der Waals surface area contributed by atoms with Crippen molar-refractivity contribution >= 4 is 29.3 Å². The van der Waals surface area contributed by atoms with Crippen LogP contribution in [0.2, 0.25) is 5.02 Å². The zero-order chi connectivity index (χ0) is 18.4. The van der Waals surface area contributed by atoms with E-state index in [-0.39, 0.29) is 6.54 Å².